The lowest BCUT2D eigenvalue weighted by molar-refractivity contribution is -0.0938. The molecule has 2 atom stereocenters. The Bertz CT molecular complexity index is 223. The number of halogens is 1. The van der Waals surface area contributed by atoms with E-state index in [1.165, 1.54) is 64.2 Å². The molecule has 0 amide bonds. The first-order valence-corrected chi connectivity index (χ1v) is 8.44. The molecule has 1 saturated heterocycles. The monoisotopic (exact) mass is 302 g/mol. The van der Waals surface area contributed by atoms with Gasteiger partial charge in [0.25, 0.3) is 0 Å². The minimum absolute atomic E-state index is 0.315. The Hall–Kier alpha value is 0.440. The molecule has 2 rings (SSSR count). The second-order valence-corrected chi connectivity index (χ2v) is 7.36. The van der Waals surface area contributed by atoms with Crippen molar-refractivity contribution in [2.24, 2.45) is 5.92 Å². The second-order valence-electron chi connectivity index (χ2n) is 6.06. The van der Waals surface area contributed by atoms with E-state index in [-0.39, 0.29) is 0 Å². The van der Waals surface area contributed by atoms with Gasteiger partial charge >= 0.3 is 0 Å². The van der Waals surface area contributed by atoms with Crippen LogP contribution in [0.3, 0.4) is 0 Å². The zero-order chi connectivity index (χ0) is 12.1. The third-order valence-corrected chi connectivity index (χ3v) is 5.52. The predicted molar refractivity (Wildman–Crippen MR) is 76.7 cm³/mol. The molecule has 0 aromatic carbocycles. The molecule has 100 valence electrons. The van der Waals surface area contributed by atoms with Gasteiger partial charge in [0.1, 0.15) is 0 Å². The van der Waals surface area contributed by atoms with Crippen LogP contribution in [-0.2, 0) is 4.74 Å². The van der Waals surface area contributed by atoms with Crippen LogP contribution in [0.2, 0.25) is 0 Å². The molecule has 17 heavy (non-hydrogen) atoms. The van der Waals surface area contributed by atoms with E-state index in [1.807, 2.05) is 0 Å². The van der Waals surface area contributed by atoms with Gasteiger partial charge in [0.2, 0.25) is 0 Å². The average Bonchev–Trinajstić information content (AvgIpc) is 2.75. The van der Waals surface area contributed by atoms with E-state index in [4.69, 9.17) is 4.74 Å². The Morgan fingerprint density at radius 3 is 2.76 bits per heavy atom. The highest BCUT2D eigenvalue weighted by Gasteiger charge is 2.39. The van der Waals surface area contributed by atoms with Crippen LogP contribution in [0, 0.1) is 5.92 Å². The van der Waals surface area contributed by atoms with Crippen molar-refractivity contribution < 1.29 is 4.74 Å². The molecule has 1 aliphatic heterocycles. The highest BCUT2D eigenvalue weighted by atomic mass is 79.9. The number of alkyl halides is 1. The quantitative estimate of drug-likeness (QED) is 0.644. The van der Waals surface area contributed by atoms with E-state index in [0.717, 1.165) is 17.4 Å². The highest BCUT2D eigenvalue weighted by molar-refractivity contribution is 9.09. The molecule has 1 heterocycles. The molecule has 0 bridgehead atoms. The minimum atomic E-state index is 0.315. The summed E-state index contributed by atoms with van der Waals surface area (Å²) < 4.78 is 6.10. The Kier molecular flexibility index (Phi) is 5.35. The third kappa shape index (κ3) is 3.96. The Balaban J connectivity index is 1.74. The molecule has 0 N–H and O–H groups in total. The van der Waals surface area contributed by atoms with Crippen LogP contribution in [0.4, 0.5) is 0 Å². The first kappa shape index (κ1) is 13.9. The molecule has 1 saturated carbocycles. The van der Waals surface area contributed by atoms with Crippen molar-refractivity contribution >= 4 is 15.9 Å². The zero-order valence-electron chi connectivity index (χ0n) is 11.2. The molecule has 2 fully saturated rings. The lowest BCUT2D eigenvalue weighted by Gasteiger charge is -2.38. The summed E-state index contributed by atoms with van der Waals surface area (Å²) in [5, 5.41) is 0. The maximum absolute atomic E-state index is 6.10. The largest absolute Gasteiger partial charge is 0.375 e. The summed E-state index contributed by atoms with van der Waals surface area (Å²) in [6.45, 7) is 3.29. The fraction of sp³-hybridized carbons (Fsp3) is 1.00. The van der Waals surface area contributed by atoms with Crippen LogP contribution >= 0.6 is 15.9 Å². The molecule has 0 aromatic rings. The van der Waals surface area contributed by atoms with Gasteiger partial charge in [-0.15, -0.1) is 0 Å². The summed E-state index contributed by atoms with van der Waals surface area (Å²) in [6.07, 6.45) is 13.5. The van der Waals surface area contributed by atoms with E-state index >= 15 is 0 Å². The van der Waals surface area contributed by atoms with Gasteiger partial charge < -0.3 is 4.74 Å². The molecule has 0 radical (unpaired) electrons. The van der Waals surface area contributed by atoms with Gasteiger partial charge in [-0.1, -0.05) is 42.1 Å². The van der Waals surface area contributed by atoms with Crippen LogP contribution in [0.1, 0.15) is 71.1 Å². The standard InChI is InChI=1S/C15H27BrO/c1-2-5-14(16)7-6-13-8-11-17-15(12-13)9-3-4-10-15/h13-14H,2-12H2,1H3. The Morgan fingerprint density at radius 2 is 2.06 bits per heavy atom. The van der Waals surface area contributed by atoms with E-state index < -0.39 is 0 Å². The van der Waals surface area contributed by atoms with E-state index in [0.29, 0.717) is 5.60 Å². The maximum atomic E-state index is 6.10. The smallest absolute Gasteiger partial charge is 0.0685 e. The molecule has 2 heteroatoms. The summed E-state index contributed by atoms with van der Waals surface area (Å²) in [5.74, 6) is 0.929. The maximum Gasteiger partial charge on any atom is 0.0685 e. The van der Waals surface area contributed by atoms with Crippen molar-refractivity contribution in [2.75, 3.05) is 6.61 Å². The van der Waals surface area contributed by atoms with Gasteiger partial charge in [0.15, 0.2) is 0 Å². The summed E-state index contributed by atoms with van der Waals surface area (Å²) in [7, 11) is 0. The fourth-order valence-corrected chi connectivity index (χ4v) is 4.34. The molecular weight excluding hydrogens is 276 g/mol. The topological polar surface area (TPSA) is 9.23 Å². The molecule has 1 nitrogen and oxygen atoms in total. The molecule has 1 aliphatic carbocycles. The van der Waals surface area contributed by atoms with Crippen LogP contribution in [0.25, 0.3) is 0 Å². The number of ether oxygens (including phenoxy) is 1. The Labute approximate surface area is 115 Å². The first-order chi connectivity index (χ1) is 8.24. The van der Waals surface area contributed by atoms with Crippen LogP contribution in [0.5, 0.6) is 0 Å². The van der Waals surface area contributed by atoms with Crippen LogP contribution in [0.15, 0.2) is 0 Å². The SMILES string of the molecule is CCCC(Br)CCC1CCOC2(CCCC2)C1. The summed E-state index contributed by atoms with van der Waals surface area (Å²) in [4.78, 5) is 0.745. The molecule has 1 spiro atoms. The second kappa shape index (κ2) is 6.56. The molecule has 2 unspecified atom stereocenters. The van der Waals surface area contributed by atoms with Crippen molar-refractivity contribution in [1.82, 2.24) is 0 Å². The molecular formula is C15H27BrO. The number of rotatable bonds is 5. The Morgan fingerprint density at radius 1 is 1.29 bits per heavy atom. The van der Waals surface area contributed by atoms with Gasteiger partial charge in [-0.25, -0.2) is 0 Å². The molecule has 2 aliphatic rings. The van der Waals surface area contributed by atoms with E-state index in [9.17, 15) is 0 Å². The highest BCUT2D eigenvalue weighted by Crippen LogP contribution is 2.43. The van der Waals surface area contributed by atoms with Crippen molar-refractivity contribution in [3.63, 3.8) is 0 Å². The van der Waals surface area contributed by atoms with Crippen molar-refractivity contribution in [3.8, 4) is 0 Å². The van der Waals surface area contributed by atoms with Crippen LogP contribution in [-0.4, -0.2) is 17.0 Å². The van der Waals surface area contributed by atoms with Crippen molar-refractivity contribution in [1.29, 1.82) is 0 Å². The summed E-state index contributed by atoms with van der Waals surface area (Å²) in [6, 6.07) is 0. The number of hydrogen-bond acceptors (Lipinski definition) is 1. The van der Waals surface area contributed by atoms with Crippen LogP contribution < -0.4 is 0 Å². The summed E-state index contributed by atoms with van der Waals surface area (Å²) in [5.41, 5.74) is 0.315. The zero-order valence-corrected chi connectivity index (χ0v) is 12.8. The molecule has 0 aromatic heterocycles. The van der Waals surface area contributed by atoms with E-state index in [2.05, 4.69) is 22.9 Å². The van der Waals surface area contributed by atoms with Gasteiger partial charge in [0.05, 0.1) is 5.60 Å². The fourth-order valence-electron chi connectivity index (χ4n) is 3.62. The minimum Gasteiger partial charge on any atom is -0.375 e. The van der Waals surface area contributed by atoms with Crippen molar-refractivity contribution in [2.45, 2.75) is 81.6 Å². The van der Waals surface area contributed by atoms with Gasteiger partial charge in [-0.05, 0) is 50.9 Å². The normalized spacial score (nSPS) is 29.6. The van der Waals surface area contributed by atoms with Gasteiger partial charge in [-0.3, -0.25) is 0 Å². The number of hydrogen-bond donors (Lipinski definition) is 0. The van der Waals surface area contributed by atoms with Crippen molar-refractivity contribution in [3.05, 3.63) is 0 Å². The lowest BCUT2D eigenvalue weighted by Crippen LogP contribution is -2.37. The van der Waals surface area contributed by atoms with E-state index in [1.54, 1.807) is 0 Å². The first-order valence-electron chi connectivity index (χ1n) is 7.52. The third-order valence-electron chi connectivity index (χ3n) is 4.60. The lowest BCUT2D eigenvalue weighted by atomic mass is 9.82. The summed E-state index contributed by atoms with van der Waals surface area (Å²) >= 11 is 3.81. The predicted octanol–water partition coefficient (Wildman–Crippen LogP) is 5.07. The average molecular weight is 303 g/mol. The van der Waals surface area contributed by atoms with Gasteiger partial charge in [0, 0.05) is 11.4 Å². The van der Waals surface area contributed by atoms with Gasteiger partial charge in [-0.2, -0.15) is 0 Å².